The number of piperidine rings is 1. The largest absolute Gasteiger partial charge is 0.493 e. The number of benzene rings is 1. The molecule has 0 bridgehead atoms. The van der Waals surface area contributed by atoms with Crippen LogP contribution < -0.4 is 5.32 Å². The number of halogens is 2. The first kappa shape index (κ1) is 22.1. The van der Waals surface area contributed by atoms with Crippen LogP contribution in [0.2, 0.25) is 0 Å². The molecule has 1 atom stereocenters. The molecule has 1 aliphatic heterocycles. The average molecular weight is 453 g/mol. The van der Waals surface area contributed by atoms with Crippen LogP contribution in [0.5, 0.6) is 5.88 Å². The highest BCUT2D eigenvalue weighted by Crippen LogP contribution is 2.28. The third-order valence-corrected chi connectivity index (χ3v) is 5.45. The Balaban J connectivity index is 1.59. The topological polar surface area (TPSA) is 120 Å². The molecular formula is C22H21F2N7O2. The molecule has 3 aromatic rings. The summed E-state index contributed by atoms with van der Waals surface area (Å²) >= 11 is 0. The first-order valence-electron chi connectivity index (χ1n) is 10.1. The van der Waals surface area contributed by atoms with E-state index in [0.29, 0.717) is 28.9 Å². The van der Waals surface area contributed by atoms with Gasteiger partial charge in [-0.05, 0) is 31.5 Å². The minimum Gasteiger partial charge on any atom is -0.493 e. The summed E-state index contributed by atoms with van der Waals surface area (Å²) in [5, 5.41) is 25.3. The van der Waals surface area contributed by atoms with Gasteiger partial charge in [-0.25, -0.2) is 23.4 Å². The number of carbonyl (C=O) groups is 1. The highest BCUT2D eigenvalue weighted by molar-refractivity contribution is 6.10. The number of carbonyl (C=O) groups excluding carboxylic acids is 1. The minimum absolute atomic E-state index is 0.0561. The fourth-order valence-electron chi connectivity index (χ4n) is 3.84. The second-order valence-corrected chi connectivity index (χ2v) is 7.48. The Morgan fingerprint density at radius 2 is 1.94 bits per heavy atom. The summed E-state index contributed by atoms with van der Waals surface area (Å²) in [6.07, 6.45) is 3.06. The van der Waals surface area contributed by atoms with E-state index in [0.717, 1.165) is 6.07 Å². The number of rotatable bonds is 4. The van der Waals surface area contributed by atoms with Gasteiger partial charge >= 0.3 is 0 Å². The van der Waals surface area contributed by atoms with Gasteiger partial charge in [0.05, 0.1) is 17.4 Å². The summed E-state index contributed by atoms with van der Waals surface area (Å²) in [5.41, 5.74) is 1.95. The first-order valence-corrected chi connectivity index (χ1v) is 10.1. The third kappa shape index (κ3) is 4.29. The van der Waals surface area contributed by atoms with E-state index in [1.807, 2.05) is 0 Å². The number of amides is 1. The van der Waals surface area contributed by atoms with Crippen molar-refractivity contribution in [2.24, 2.45) is 0 Å². The number of hydrogen-bond donors (Lipinski definition) is 3. The van der Waals surface area contributed by atoms with Crippen LogP contribution in [-0.4, -0.2) is 61.0 Å². The van der Waals surface area contributed by atoms with Crippen molar-refractivity contribution in [2.75, 3.05) is 13.6 Å². The zero-order valence-corrected chi connectivity index (χ0v) is 17.9. The Morgan fingerprint density at radius 1 is 1.21 bits per heavy atom. The van der Waals surface area contributed by atoms with Crippen molar-refractivity contribution in [1.29, 1.82) is 5.41 Å². The van der Waals surface area contributed by atoms with E-state index < -0.39 is 23.6 Å². The standard InChI is InChI=1S/C22H21F2N7O2/c1-12-19(25)17(20(26-2)13-7-14(23)9-15(24)8-13)4-6-30(12)22(33)21-28-11-31(29-21)16-3-5-27-18(32)10-16/h3,5,7-12,25-26H,4,6H2,1-2H3,(H,27,32)/b20-17-,25-19?/t12-/m0/s1. The van der Waals surface area contributed by atoms with Gasteiger partial charge in [0, 0.05) is 48.8 Å². The third-order valence-electron chi connectivity index (χ3n) is 5.45. The quantitative estimate of drug-likeness (QED) is 0.559. The number of aromatic nitrogens is 4. The lowest BCUT2D eigenvalue weighted by molar-refractivity contribution is 0.0716. The molecule has 170 valence electrons. The van der Waals surface area contributed by atoms with Crippen LogP contribution in [0.15, 0.2) is 48.4 Å². The molecule has 0 aliphatic carbocycles. The number of pyridine rings is 1. The summed E-state index contributed by atoms with van der Waals surface area (Å²) in [6, 6.07) is 5.56. The molecule has 0 saturated carbocycles. The summed E-state index contributed by atoms with van der Waals surface area (Å²) in [7, 11) is 1.62. The maximum atomic E-state index is 13.7. The van der Waals surface area contributed by atoms with Gasteiger partial charge in [-0.3, -0.25) is 4.79 Å². The fraction of sp³-hybridized carbons (Fsp3) is 0.227. The van der Waals surface area contributed by atoms with Gasteiger partial charge in [-0.2, -0.15) is 0 Å². The Kier molecular flexibility index (Phi) is 5.86. The van der Waals surface area contributed by atoms with Crippen molar-refractivity contribution in [3.63, 3.8) is 0 Å². The number of likely N-dealkylation sites (tertiary alicyclic amines) is 1. The molecule has 1 aromatic carbocycles. The molecule has 3 N–H and O–H groups in total. The number of aromatic hydroxyl groups is 1. The molecule has 2 aromatic heterocycles. The Bertz CT molecular complexity index is 1250. The molecule has 33 heavy (non-hydrogen) atoms. The molecule has 1 amide bonds. The zero-order chi connectivity index (χ0) is 23.7. The van der Waals surface area contributed by atoms with Crippen molar-refractivity contribution in [1.82, 2.24) is 30.0 Å². The van der Waals surface area contributed by atoms with Crippen LogP contribution in [0.25, 0.3) is 11.4 Å². The highest BCUT2D eigenvalue weighted by Gasteiger charge is 2.34. The SMILES string of the molecule is CN/C(=C1/CCN(C(=O)c2ncn(-c3ccnc(O)c3)n2)[C@@H](C)C1=N)c1cc(F)cc(F)c1. The van der Waals surface area contributed by atoms with Crippen molar-refractivity contribution in [2.45, 2.75) is 19.4 Å². The smallest absolute Gasteiger partial charge is 0.294 e. The fourth-order valence-corrected chi connectivity index (χ4v) is 3.84. The van der Waals surface area contributed by atoms with E-state index >= 15 is 0 Å². The summed E-state index contributed by atoms with van der Waals surface area (Å²) in [4.78, 5) is 22.3. The predicted molar refractivity (Wildman–Crippen MR) is 116 cm³/mol. The molecular weight excluding hydrogens is 432 g/mol. The molecule has 0 unspecified atom stereocenters. The van der Waals surface area contributed by atoms with Gasteiger partial charge in [0.2, 0.25) is 11.7 Å². The van der Waals surface area contributed by atoms with Crippen molar-refractivity contribution < 1.29 is 18.7 Å². The minimum atomic E-state index is -0.713. The van der Waals surface area contributed by atoms with Crippen molar-refractivity contribution in [3.05, 3.63) is 71.5 Å². The predicted octanol–water partition coefficient (Wildman–Crippen LogP) is 2.53. The second-order valence-electron chi connectivity index (χ2n) is 7.48. The van der Waals surface area contributed by atoms with Crippen molar-refractivity contribution >= 4 is 17.3 Å². The molecule has 4 rings (SSSR count). The Labute approximate surface area is 187 Å². The molecule has 3 heterocycles. The van der Waals surface area contributed by atoms with Crippen LogP contribution in [0, 0.1) is 17.0 Å². The van der Waals surface area contributed by atoms with Gasteiger partial charge in [-0.15, -0.1) is 5.10 Å². The first-order chi connectivity index (χ1) is 15.8. The van der Waals surface area contributed by atoms with Gasteiger partial charge < -0.3 is 20.7 Å². The van der Waals surface area contributed by atoms with Crippen LogP contribution >= 0.6 is 0 Å². The lowest BCUT2D eigenvalue weighted by atomic mass is 9.91. The van der Waals surface area contributed by atoms with E-state index in [2.05, 4.69) is 20.4 Å². The lowest BCUT2D eigenvalue weighted by Crippen LogP contribution is -2.48. The highest BCUT2D eigenvalue weighted by atomic mass is 19.1. The Morgan fingerprint density at radius 3 is 2.61 bits per heavy atom. The normalized spacial score (nSPS) is 17.8. The molecule has 9 nitrogen and oxygen atoms in total. The van der Waals surface area contributed by atoms with Gasteiger partial charge in [0.25, 0.3) is 5.91 Å². The zero-order valence-electron chi connectivity index (χ0n) is 17.9. The monoisotopic (exact) mass is 453 g/mol. The summed E-state index contributed by atoms with van der Waals surface area (Å²) < 4.78 is 28.8. The molecule has 1 aliphatic rings. The van der Waals surface area contributed by atoms with E-state index in [9.17, 15) is 18.7 Å². The Hall–Kier alpha value is -4.15. The average Bonchev–Trinajstić information content (AvgIpc) is 3.27. The molecule has 1 fully saturated rings. The number of hydrogen-bond acceptors (Lipinski definition) is 7. The van der Waals surface area contributed by atoms with Crippen LogP contribution in [0.4, 0.5) is 8.78 Å². The van der Waals surface area contributed by atoms with E-state index in [1.54, 1.807) is 20.0 Å². The van der Waals surface area contributed by atoms with E-state index in [4.69, 9.17) is 5.41 Å². The molecule has 0 spiro atoms. The molecule has 1 saturated heterocycles. The maximum Gasteiger partial charge on any atom is 0.294 e. The lowest BCUT2D eigenvalue weighted by Gasteiger charge is -2.35. The number of nitrogens with one attached hydrogen (secondary N) is 2. The van der Waals surface area contributed by atoms with Gasteiger partial charge in [0.15, 0.2) is 0 Å². The molecule has 11 heteroatoms. The van der Waals surface area contributed by atoms with E-state index in [1.165, 1.54) is 40.3 Å². The summed E-state index contributed by atoms with van der Waals surface area (Å²) in [6.45, 7) is 1.97. The summed E-state index contributed by atoms with van der Waals surface area (Å²) in [5.74, 6) is -2.12. The van der Waals surface area contributed by atoms with E-state index in [-0.39, 0.29) is 24.0 Å². The van der Waals surface area contributed by atoms with Crippen molar-refractivity contribution in [3.8, 4) is 11.6 Å². The van der Waals surface area contributed by atoms with Crippen LogP contribution in [0.1, 0.15) is 29.5 Å². The molecule has 0 radical (unpaired) electrons. The number of nitrogens with zero attached hydrogens (tertiary/aromatic N) is 5. The van der Waals surface area contributed by atoms with Crippen LogP contribution in [-0.2, 0) is 0 Å². The van der Waals surface area contributed by atoms with Crippen LogP contribution in [0.3, 0.4) is 0 Å². The van der Waals surface area contributed by atoms with Gasteiger partial charge in [0.1, 0.15) is 18.0 Å². The second kappa shape index (κ2) is 8.77. The maximum absolute atomic E-state index is 13.7. The van der Waals surface area contributed by atoms with Gasteiger partial charge in [-0.1, -0.05) is 0 Å².